The van der Waals surface area contributed by atoms with Crippen molar-refractivity contribution < 1.29 is 8.83 Å². The van der Waals surface area contributed by atoms with E-state index in [0.717, 1.165) is 83.2 Å². The SMILES string of the molecule is c1ccc(N(c2ccc(-c3ccc4c(c3)oc3ccccc34)cc2)c2ccc(-c3cc4ccccc4c4ccccc34)cc2)c(-c2ccc3oc4cc5ccccc5cc4c3c2)c1. The van der Waals surface area contributed by atoms with Crippen molar-refractivity contribution in [1.29, 1.82) is 0 Å². The average Bonchev–Trinajstić information content (AvgIpc) is 3.90. The van der Waals surface area contributed by atoms with Gasteiger partial charge in [0.05, 0.1) is 5.69 Å². The number of hydrogen-bond acceptors (Lipinski definition) is 3. The zero-order valence-electron chi connectivity index (χ0n) is 34.1. The maximum Gasteiger partial charge on any atom is 0.136 e. The molecule has 2 heterocycles. The largest absolute Gasteiger partial charge is 0.456 e. The molecule has 3 nitrogen and oxygen atoms in total. The van der Waals surface area contributed by atoms with Crippen molar-refractivity contribution in [3.8, 4) is 33.4 Å². The van der Waals surface area contributed by atoms with Gasteiger partial charge in [0, 0.05) is 38.5 Å². The van der Waals surface area contributed by atoms with Crippen LogP contribution in [0.15, 0.2) is 233 Å². The monoisotopic (exact) mass is 803 g/mol. The fourth-order valence-electron chi connectivity index (χ4n) is 9.76. The highest BCUT2D eigenvalue weighted by Gasteiger charge is 2.20. The lowest BCUT2D eigenvalue weighted by molar-refractivity contribution is 0.669. The number of hydrogen-bond donors (Lipinski definition) is 0. The molecular formula is C60H37NO2. The molecule has 13 rings (SSSR count). The summed E-state index contributed by atoms with van der Waals surface area (Å²) in [6.07, 6.45) is 0. The minimum absolute atomic E-state index is 0.881. The van der Waals surface area contributed by atoms with E-state index in [1.165, 1.54) is 43.4 Å². The third-order valence-corrected chi connectivity index (χ3v) is 12.8. The number of benzene rings is 11. The molecule has 0 aliphatic carbocycles. The van der Waals surface area contributed by atoms with Crippen LogP contribution in [0.2, 0.25) is 0 Å². The lowest BCUT2D eigenvalue weighted by atomic mass is 9.93. The molecule has 0 unspecified atom stereocenters. The highest BCUT2D eigenvalue weighted by Crippen LogP contribution is 2.44. The molecule has 0 atom stereocenters. The van der Waals surface area contributed by atoms with Gasteiger partial charge in [0.15, 0.2) is 0 Å². The van der Waals surface area contributed by atoms with Gasteiger partial charge in [0.25, 0.3) is 0 Å². The molecule has 0 N–H and O–H groups in total. The number of anilines is 3. The second kappa shape index (κ2) is 14.1. The van der Waals surface area contributed by atoms with E-state index in [2.05, 4.69) is 217 Å². The summed E-state index contributed by atoms with van der Waals surface area (Å²) in [5, 5.41) is 11.9. The van der Waals surface area contributed by atoms with Crippen LogP contribution in [0.25, 0.3) is 110 Å². The summed E-state index contributed by atoms with van der Waals surface area (Å²) in [5.74, 6) is 0. The third kappa shape index (κ3) is 5.82. The summed E-state index contributed by atoms with van der Waals surface area (Å²) >= 11 is 0. The number of nitrogens with zero attached hydrogens (tertiary/aromatic N) is 1. The van der Waals surface area contributed by atoms with Gasteiger partial charge in [-0.1, -0.05) is 146 Å². The average molecular weight is 804 g/mol. The van der Waals surface area contributed by atoms with Crippen molar-refractivity contribution in [2.24, 2.45) is 0 Å². The van der Waals surface area contributed by atoms with E-state index < -0.39 is 0 Å². The first-order valence-corrected chi connectivity index (χ1v) is 21.5. The molecule has 0 fully saturated rings. The van der Waals surface area contributed by atoms with E-state index in [9.17, 15) is 0 Å². The van der Waals surface area contributed by atoms with Crippen LogP contribution in [0, 0.1) is 0 Å². The molecule has 63 heavy (non-hydrogen) atoms. The molecule has 0 aliphatic rings. The van der Waals surface area contributed by atoms with Crippen molar-refractivity contribution in [1.82, 2.24) is 0 Å². The number of furan rings is 2. The highest BCUT2D eigenvalue weighted by molar-refractivity contribution is 6.14. The van der Waals surface area contributed by atoms with Gasteiger partial charge in [0.2, 0.25) is 0 Å². The Balaban J connectivity index is 0.952. The summed E-state index contributed by atoms with van der Waals surface area (Å²) in [6, 6.07) is 80.7. The molecule has 2 aromatic heterocycles. The minimum Gasteiger partial charge on any atom is -0.456 e. The van der Waals surface area contributed by atoms with Gasteiger partial charge in [-0.05, 0) is 139 Å². The molecule has 0 amide bonds. The molecule has 0 spiro atoms. The van der Waals surface area contributed by atoms with E-state index in [1.54, 1.807) is 0 Å². The van der Waals surface area contributed by atoms with Crippen molar-refractivity contribution in [2.45, 2.75) is 0 Å². The van der Waals surface area contributed by atoms with Gasteiger partial charge in [-0.25, -0.2) is 0 Å². The number of para-hydroxylation sites is 2. The first-order valence-electron chi connectivity index (χ1n) is 21.5. The Labute approximate surface area is 363 Å². The Morgan fingerprint density at radius 2 is 0.794 bits per heavy atom. The number of fused-ring (bicyclic) bond motifs is 10. The first kappa shape index (κ1) is 35.4. The molecular weight excluding hydrogens is 767 g/mol. The normalized spacial score (nSPS) is 11.8. The third-order valence-electron chi connectivity index (χ3n) is 12.8. The van der Waals surface area contributed by atoms with Gasteiger partial charge < -0.3 is 13.7 Å². The van der Waals surface area contributed by atoms with Crippen LogP contribution >= 0.6 is 0 Å². The summed E-state index contributed by atoms with van der Waals surface area (Å²) < 4.78 is 12.7. The van der Waals surface area contributed by atoms with Crippen LogP contribution in [0.4, 0.5) is 17.1 Å². The first-order chi connectivity index (χ1) is 31.2. The quantitative estimate of drug-likeness (QED) is 0.157. The van der Waals surface area contributed by atoms with Crippen LogP contribution in [-0.2, 0) is 0 Å². The second-order valence-electron chi connectivity index (χ2n) is 16.5. The molecule has 0 saturated carbocycles. The van der Waals surface area contributed by atoms with E-state index in [4.69, 9.17) is 8.83 Å². The van der Waals surface area contributed by atoms with Gasteiger partial charge in [-0.15, -0.1) is 0 Å². The Morgan fingerprint density at radius 3 is 1.59 bits per heavy atom. The maximum atomic E-state index is 6.44. The van der Waals surface area contributed by atoms with Crippen molar-refractivity contribution >= 4 is 93.3 Å². The molecule has 11 aromatic carbocycles. The van der Waals surface area contributed by atoms with Crippen molar-refractivity contribution in [3.05, 3.63) is 224 Å². The van der Waals surface area contributed by atoms with Crippen LogP contribution in [0.3, 0.4) is 0 Å². The molecule has 13 aromatic rings. The summed E-state index contributed by atoms with van der Waals surface area (Å²) in [4.78, 5) is 2.38. The molecule has 0 bridgehead atoms. The maximum absolute atomic E-state index is 6.44. The Kier molecular flexibility index (Phi) is 7.91. The molecule has 0 saturated heterocycles. The van der Waals surface area contributed by atoms with E-state index in [0.29, 0.717) is 0 Å². The lowest BCUT2D eigenvalue weighted by Crippen LogP contribution is -2.11. The van der Waals surface area contributed by atoms with Crippen LogP contribution in [0.5, 0.6) is 0 Å². The fraction of sp³-hybridized carbons (Fsp3) is 0. The fourth-order valence-corrected chi connectivity index (χ4v) is 9.76. The Hall–Kier alpha value is -8.40. The summed E-state index contributed by atoms with van der Waals surface area (Å²) in [7, 11) is 0. The predicted octanol–water partition coefficient (Wildman–Crippen LogP) is 17.4. The zero-order chi connectivity index (χ0) is 41.4. The van der Waals surface area contributed by atoms with Crippen LogP contribution < -0.4 is 4.90 Å². The molecule has 0 aliphatic heterocycles. The molecule has 0 radical (unpaired) electrons. The van der Waals surface area contributed by atoms with Gasteiger partial charge in [-0.3, -0.25) is 0 Å². The Bertz CT molecular complexity index is 3910. The second-order valence-corrected chi connectivity index (χ2v) is 16.5. The van der Waals surface area contributed by atoms with E-state index >= 15 is 0 Å². The van der Waals surface area contributed by atoms with Crippen LogP contribution in [0.1, 0.15) is 0 Å². The Morgan fingerprint density at radius 1 is 0.254 bits per heavy atom. The van der Waals surface area contributed by atoms with Gasteiger partial charge in [-0.2, -0.15) is 0 Å². The van der Waals surface area contributed by atoms with E-state index in [1.807, 2.05) is 12.1 Å². The van der Waals surface area contributed by atoms with Crippen LogP contribution in [-0.4, -0.2) is 0 Å². The topological polar surface area (TPSA) is 29.5 Å². The minimum atomic E-state index is 0.881. The predicted molar refractivity (Wildman–Crippen MR) is 265 cm³/mol. The van der Waals surface area contributed by atoms with Gasteiger partial charge in [0.1, 0.15) is 22.3 Å². The zero-order valence-corrected chi connectivity index (χ0v) is 34.1. The summed E-state index contributed by atoms with van der Waals surface area (Å²) in [6.45, 7) is 0. The number of rotatable bonds is 6. The smallest absolute Gasteiger partial charge is 0.136 e. The van der Waals surface area contributed by atoms with E-state index in [-0.39, 0.29) is 0 Å². The van der Waals surface area contributed by atoms with Crippen molar-refractivity contribution in [3.63, 3.8) is 0 Å². The summed E-state index contributed by atoms with van der Waals surface area (Å²) in [5.41, 5.74) is 13.7. The lowest BCUT2D eigenvalue weighted by Gasteiger charge is -2.28. The molecule has 3 heteroatoms. The molecule has 294 valence electrons. The van der Waals surface area contributed by atoms with Gasteiger partial charge >= 0.3 is 0 Å². The van der Waals surface area contributed by atoms with Crippen molar-refractivity contribution in [2.75, 3.05) is 4.90 Å². The standard InChI is InChI=1S/C60H37NO2/c1-2-12-41-36-60-55(33-40(41)11-1)54-35-44(26-32-58(54)63-60)48-15-7-9-19-56(48)61(45-27-21-38(22-28-45)42-25-31-52-51-18-8-10-20-57(51)62-59(52)37-42)46-29-23-39(24-30-46)53-34-43-13-3-4-14-47(43)49-16-5-6-17-50(49)53/h1-37H. The highest BCUT2D eigenvalue weighted by atomic mass is 16.3.